The fraction of sp³-hybridized carbons (Fsp3) is 1.00. The van der Waals surface area contributed by atoms with Gasteiger partial charge >= 0.3 is 0 Å². The monoisotopic (exact) mass is 280 g/mol. The molecule has 0 radical (unpaired) electrons. The van der Waals surface area contributed by atoms with Crippen molar-refractivity contribution < 1.29 is 0 Å². The van der Waals surface area contributed by atoms with Crippen molar-refractivity contribution >= 4 is 0 Å². The van der Waals surface area contributed by atoms with E-state index < -0.39 is 0 Å². The van der Waals surface area contributed by atoms with Gasteiger partial charge in [0.25, 0.3) is 0 Å². The Labute approximate surface area is 126 Å². The second-order valence-electron chi connectivity index (χ2n) is 7.89. The first-order valence-corrected chi connectivity index (χ1v) is 9.05. The molecular weight excluding hydrogens is 244 g/mol. The largest absolute Gasteiger partial charge is 0.311 e. The molecule has 0 aromatic rings. The van der Waals surface area contributed by atoms with E-state index in [1.54, 1.807) is 0 Å². The van der Waals surface area contributed by atoms with Crippen LogP contribution in [0, 0.1) is 17.8 Å². The molecule has 2 aliphatic rings. The lowest BCUT2D eigenvalue weighted by Gasteiger charge is -2.43. The minimum absolute atomic E-state index is 0.721. The highest BCUT2D eigenvalue weighted by molar-refractivity contribution is 4.87. The van der Waals surface area contributed by atoms with Gasteiger partial charge in [0.15, 0.2) is 0 Å². The molecule has 2 heteroatoms. The van der Waals surface area contributed by atoms with Gasteiger partial charge in [-0.3, -0.25) is 4.90 Å². The predicted molar refractivity (Wildman–Crippen MR) is 88.0 cm³/mol. The summed E-state index contributed by atoms with van der Waals surface area (Å²) >= 11 is 0. The van der Waals surface area contributed by atoms with Crippen molar-refractivity contribution in [2.75, 3.05) is 19.6 Å². The summed E-state index contributed by atoms with van der Waals surface area (Å²) in [5, 5.41) is 3.79. The number of hydrogen-bond acceptors (Lipinski definition) is 2. The number of hydrogen-bond donors (Lipinski definition) is 1. The topological polar surface area (TPSA) is 15.3 Å². The highest BCUT2D eigenvalue weighted by Gasteiger charge is 2.30. The van der Waals surface area contributed by atoms with Crippen LogP contribution in [-0.4, -0.2) is 36.6 Å². The van der Waals surface area contributed by atoms with E-state index in [1.165, 1.54) is 58.2 Å². The standard InChI is InChI=1S/C18H36N2/c1-5-18-11-19-17(9-14(2)3)13-20(18)12-16-8-6-7-15(4)10-16/h14-19H,5-13H2,1-4H3. The molecule has 0 bridgehead atoms. The van der Waals surface area contributed by atoms with Crippen LogP contribution in [0.25, 0.3) is 0 Å². The van der Waals surface area contributed by atoms with Gasteiger partial charge in [-0.05, 0) is 43.4 Å². The van der Waals surface area contributed by atoms with Crippen LogP contribution in [0.5, 0.6) is 0 Å². The lowest BCUT2D eigenvalue weighted by atomic mass is 9.82. The summed E-state index contributed by atoms with van der Waals surface area (Å²) < 4.78 is 0. The minimum Gasteiger partial charge on any atom is -0.311 e. The summed E-state index contributed by atoms with van der Waals surface area (Å²) in [6.07, 6.45) is 8.49. The molecule has 2 fully saturated rings. The molecule has 0 aromatic heterocycles. The molecule has 20 heavy (non-hydrogen) atoms. The summed E-state index contributed by atoms with van der Waals surface area (Å²) in [6.45, 7) is 13.3. The third-order valence-corrected chi connectivity index (χ3v) is 5.38. The lowest BCUT2D eigenvalue weighted by molar-refractivity contribution is 0.0853. The smallest absolute Gasteiger partial charge is 0.0218 e. The summed E-state index contributed by atoms with van der Waals surface area (Å²) in [5.74, 6) is 2.73. The van der Waals surface area contributed by atoms with E-state index in [-0.39, 0.29) is 0 Å². The molecule has 0 amide bonds. The summed E-state index contributed by atoms with van der Waals surface area (Å²) in [7, 11) is 0. The van der Waals surface area contributed by atoms with Gasteiger partial charge in [0.1, 0.15) is 0 Å². The first kappa shape index (κ1) is 16.3. The van der Waals surface area contributed by atoms with Crippen LogP contribution in [0.1, 0.15) is 66.2 Å². The van der Waals surface area contributed by atoms with E-state index in [2.05, 4.69) is 37.9 Å². The van der Waals surface area contributed by atoms with Crippen LogP contribution in [0.2, 0.25) is 0 Å². The van der Waals surface area contributed by atoms with Gasteiger partial charge in [-0.2, -0.15) is 0 Å². The molecule has 1 aliphatic heterocycles. The Morgan fingerprint density at radius 2 is 2.05 bits per heavy atom. The fourth-order valence-electron chi connectivity index (χ4n) is 4.34. The second-order valence-corrected chi connectivity index (χ2v) is 7.89. The Hall–Kier alpha value is -0.0800. The zero-order valence-corrected chi connectivity index (χ0v) is 14.2. The molecule has 4 unspecified atom stereocenters. The lowest BCUT2D eigenvalue weighted by Crippen LogP contribution is -2.57. The zero-order valence-electron chi connectivity index (χ0n) is 14.2. The predicted octanol–water partition coefficient (Wildman–Crippen LogP) is 3.91. The van der Waals surface area contributed by atoms with Crippen LogP contribution in [0.3, 0.4) is 0 Å². The van der Waals surface area contributed by atoms with E-state index in [9.17, 15) is 0 Å². The first-order chi connectivity index (χ1) is 9.58. The Morgan fingerprint density at radius 1 is 1.25 bits per heavy atom. The van der Waals surface area contributed by atoms with Crippen molar-refractivity contribution in [3.05, 3.63) is 0 Å². The molecule has 1 heterocycles. The third kappa shape index (κ3) is 4.73. The van der Waals surface area contributed by atoms with E-state index in [0.717, 1.165) is 29.8 Å². The van der Waals surface area contributed by atoms with E-state index in [1.807, 2.05) is 0 Å². The maximum absolute atomic E-state index is 3.79. The molecule has 0 spiro atoms. The molecule has 1 saturated carbocycles. The quantitative estimate of drug-likeness (QED) is 0.821. The van der Waals surface area contributed by atoms with Crippen LogP contribution in [0.15, 0.2) is 0 Å². The highest BCUT2D eigenvalue weighted by atomic mass is 15.2. The van der Waals surface area contributed by atoms with Crippen molar-refractivity contribution in [3.8, 4) is 0 Å². The minimum atomic E-state index is 0.721. The number of rotatable bonds is 5. The van der Waals surface area contributed by atoms with Gasteiger partial charge in [0, 0.05) is 31.7 Å². The Bertz CT molecular complexity index is 277. The maximum Gasteiger partial charge on any atom is 0.0218 e. The van der Waals surface area contributed by atoms with Crippen LogP contribution in [0.4, 0.5) is 0 Å². The van der Waals surface area contributed by atoms with E-state index in [0.29, 0.717) is 0 Å². The van der Waals surface area contributed by atoms with Crippen molar-refractivity contribution in [1.82, 2.24) is 10.2 Å². The molecular formula is C18H36N2. The summed E-state index contributed by atoms with van der Waals surface area (Å²) in [4.78, 5) is 2.83. The molecule has 1 N–H and O–H groups in total. The van der Waals surface area contributed by atoms with E-state index >= 15 is 0 Å². The van der Waals surface area contributed by atoms with Crippen molar-refractivity contribution in [3.63, 3.8) is 0 Å². The number of piperazine rings is 1. The van der Waals surface area contributed by atoms with Gasteiger partial charge in [-0.15, -0.1) is 0 Å². The van der Waals surface area contributed by atoms with Crippen molar-refractivity contribution in [2.45, 2.75) is 78.3 Å². The average molecular weight is 280 g/mol. The molecule has 1 saturated heterocycles. The Kier molecular flexibility index (Phi) is 6.35. The van der Waals surface area contributed by atoms with Crippen LogP contribution in [-0.2, 0) is 0 Å². The first-order valence-electron chi connectivity index (χ1n) is 9.05. The SMILES string of the molecule is CCC1CNC(CC(C)C)CN1CC1CCCC(C)C1. The van der Waals surface area contributed by atoms with E-state index in [4.69, 9.17) is 0 Å². The van der Waals surface area contributed by atoms with Crippen molar-refractivity contribution in [1.29, 1.82) is 0 Å². The van der Waals surface area contributed by atoms with Crippen molar-refractivity contribution in [2.24, 2.45) is 17.8 Å². The third-order valence-electron chi connectivity index (χ3n) is 5.38. The molecule has 4 atom stereocenters. The number of nitrogens with zero attached hydrogens (tertiary/aromatic N) is 1. The second kappa shape index (κ2) is 7.79. The van der Waals surface area contributed by atoms with Gasteiger partial charge in [0.05, 0.1) is 0 Å². The Balaban J connectivity index is 1.87. The zero-order chi connectivity index (χ0) is 14.5. The average Bonchev–Trinajstić information content (AvgIpc) is 2.38. The van der Waals surface area contributed by atoms with Gasteiger partial charge in [-0.1, -0.05) is 40.5 Å². The molecule has 0 aromatic carbocycles. The van der Waals surface area contributed by atoms with Gasteiger partial charge < -0.3 is 5.32 Å². The molecule has 2 rings (SSSR count). The maximum atomic E-state index is 3.79. The molecule has 2 nitrogen and oxygen atoms in total. The van der Waals surface area contributed by atoms with Gasteiger partial charge in [0.2, 0.25) is 0 Å². The van der Waals surface area contributed by atoms with Crippen LogP contribution < -0.4 is 5.32 Å². The normalized spacial score (nSPS) is 36.5. The Morgan fingerprint density at radius 3 is 2.70 bits per heavy atom. The summed E-state index contributed by atoms with van der Waals surface area (Å²) in [6, 6.07) is 1.49. The fourth-order valence-corrected chi connectivity index (χ4v) is 4.34. The summed E-state index contributed by atoms with van der Waals surface area (Å²) in [5.41, 5.74) is 0. The number of nitrogens with one attached hydrogen (secondary N) is 1. The highest BCUT2D eigenvalue weighted by Crippen LogP contribution is 2.30. The molecule has 1 aliphatic carbocycles. The molecule has 118 valence electrons. The van der Waals surface area contributed by atoms with Crippen LogP contribution >= 0.6 is 0 Å². The van der Waals surface area contributed by atoms with Gasteiger partial charge in [-0.25, -0.2) is 0 Å².